The molecule has 0 aliphatic carbocycles. The van der Waals surface area contributed by atoms with Gasteiger partial charge in [0.05, 0.1) is 11.2 Å². The number of nitro benzene ring substituents is 1. The van der Waals surface area contributed by atoms with Crippen molar-refractivity contribution in [2.24, 2.45) is 0 Å². The second kappa shape index (κ2) is 6.92. The summed E-state index contributed by atoms with van der Waals surface area (Å²) >= 11 is 0. The number of nitro groups is 1. The topological polar surface area (TPSA) is 113 Å². The lowest BCUT2D eigenvalue weighted by molar-refractivity contribution is -0.384. The number of rotatable bonds is 3. The van der Waals surface area contributed by atoms with E-state index < -0.39 is 14.9 Å². The van der Waals surface area contributed by atoms with Crippen molar-refractivity contribution in [1.82, 2.24) is 9.21 Å². The number of carbonyl (C=O) groups excluding carboxylic acids is 1. The van der Waals surface area contributed by atoms with E-state index in [1.165, 1.54) is 33.5 Å². The van der Waals surface area contributed by atoms with Crippen molar-refractivity contribution >= 4 is 27.4 Å². The minimum absolute atomic E-state index is 0.0541. The fraction of sp³-hybridized carbons (Fsp3) is 0.462. The fourth-order valence-corrected chi connectivity index (χ4v) is 3.17. The molecule has 1 aliphatic rings. The van der Waals surface area contributed by atoms with E-state index in [0.717, 1.165) is 6.26 Å². The van der Waals surface area contributed by atoms with Crippen LogP contribution in [-0.4, -0.2) is 61.0 Å². The molecule has 1 fully saturated rings. The number of nitrogens with one attached hydrogen (secondary N) is 1. The van der Waals surface area contributed by atoms with Crippen molar-refractivity contribution < 1.29 is 18.1 Å². The predicted octanol–water partition coefficient (Wildman–Crippen LogP) is 1.09. The third-order valence-corrected chi connectivity index (χ3v) is 4.84. The molecule has 10 heteroatoms. The summed E-state index contributed by atoms with van der Waals surface area (Å²) < 4.78 is 24.4. The second-order valence-corrected chi connectivity index (χ2v) is 7.22. The third kappa shape index (κ3) is 4.63. The SMILES string of the molecule is CS(=O)(=O)N1CCCN(C(=O)Nc2ccc([N+](=O)[O-])cc2)CC1. The lowest BCUT2D eigenvalue weighted by Crippen LogP contribution is -2.39. The third-order valence-electron chi connectivity index (χ3n) is 3.54. The van der Waals surface area contributed by atoms with Gasteiger partial charge >= 0.3 is 6.03 Å². The Labute approximate surface area is 134 Å². The zero-order valence-electron chi connectivity index (χ0n) is 12.6. The first-order chi connectivity index (χ1) is 10.8. The van der Waals surface area contributed by atoms with Crippen molar-refractivity contribution in [2.45, 2.75) is 6.42 Å². The summed E-state index contributed by atoms with van der Waals surface area (Å²) in [5.41, 5.74) is 0.395. The molecule has 0 unspecified atom stereocenters. The van der Waals surface area contributed by atoms with E-state index in [4.69, 9.17) is 0 Å². The van der Waals surface area contributed by atoms with Crippen molar-refractivity contribution in [3.63, 3.8) is 0 Å². The number of sulfonamides is 1. The first kappa shape index (κ1) is 17.2. The Hall–Kier alpha value is -2.20. The van der Waals surface area contributed by atoms with Crippen LogP contribution in [0, 0.1) is 10.1 Å². The molecule has 1 N–H and O–H groups in total. The molecule has 9 nitrogen and oxygen atoms in total. The summed E-state index contributed by atoms with van der Waals surface area (Å²) in [5, 5.41) is 13.2. The van der Waals surface area contributed by atoms with Crippen LogP contribution >= 0.6 is 0 Å². The van der Waals surface area contributed by atoms with Crippen LogP contribution in [0.3, 0.4) is 0 Å². The van der Waals surface area contributed by atoms with Gasteiger partial charge in [0.2, 0.25) is 10.0 Å². The van der Waals surface area contributed by atoms with Gasteiger partial charge in [-0.2, -0.15) is 0 Å². The number of hydrogen-bond donors (Lipinski definition) is 1. The average Bonchev–Trinajstić information content (AvgIpc) is 2.73. The maximum absolute atomic E-state index is 12.2. The highest BCUT2D eigenvalue weighted by atomic mass is 32.2. The molecule has 1 heterocycles. The number of non-ortho nitro benzene ring substituents is 1. The highest BCUT2D eigenvalue weighted by molar-refractivity contribution is 7.88. The summed E-state index contributed by atoms with van der Waals surface area (Å²) in [6, 6.07) is 5.18. The highest BCUT2D eigenvalue weighted by Crippen LogP contribution is 2.16. The van der Waals surface area contributed by atoms with Gasteiger partial charge in [-0.3, -0.25) is 10.1 Å². The van der Waals surface area contributed by atoms with Gasteiger partial charge < -0.3 is 10.2 Å². The minimum atomic E-state index is -3.26. The summed E-state index contributed by atoms with van der Waals surface area (Å²) in [6.45, 7) is 1.39. The standard InChI is InChI=1S/C13H18N4O5S/c1-23(21,22)16-8-2-7-15(9-10-16)13(18)14-11-3-5-12(6-4-11)17(19)20/h3-6H,2,7-10H2,1H3,(H,14,18). The van der Waals surface area contributed by atoms with Crippen LogP contribution in [0.1, 0.15) is 6.42 Å². The smallest absolute Gasteiger partial charge is 0.321 e. The Morgan fingerprint density at radius 3 is 2.39 bits per heavy atom. The Balaban J connectivity index is 1.96. The maximum Gasteiger partial charge on any atom is 0.321 e. The first-order valence-electron chi connectivity index (χ1n) is 7.03. The molecule has 23 heavy (non-hydrogen) atoms. The average molecular weight is 342 g/mol. The molecule has 0 spiro atoms. The van der Waals surface area contributed by atoms with Gasteiger partial charge in [0, 0.05) is 44.0 Å². The molecular weight excluding hydrogens is 324 g/mol. The lowest BCUT2D eigenvalue weighted by atomic mass is 10.3. The number of urea groups is 1. The van der Waals surface area contributed by atoms with E-state index in [1.54, 1.807) is 0 Å². The number of nitrogens with zero attached hydrogens (tertiary/aromatic N) is 3. The largest absolute Gasteiger partial charge is 0.323 e. The minimum Gasteiger partial charge on any atom is -0.323 e. The molecule has 1 aromatic rings. The van der Waals surface area contributed by atoms with Gasteiger partial charge in [0.1, 0.15) is 0 Å². The first-order valence-corrected chi connectivity index (χ1v) is 8.88. The van der Waals surface area contributed by atoms with E-state index in [-0.39, 0.29) is 18.3 Å². The highest BCUT2D eigenvalue weighted by Gasteiger charge is 2.23. The zero-order valence-corrected chi connectivity index (χ0v) is 13.5. The quantitative estimate of drug-likeness (QED) is 0.652. The summed E-state index contributed by atoms with van der Waals surface area (Å²) in [7, 11) is -3.26. The van der Waals surface area contributed by atoms with Gasteiger partial charge in [-0.15, -0.1) is 0 Å². The van der Waals surface area contributed by atoms with Gasteiger partial charge in [-0.1, -0.05) is 0 Å². The second-order valence-electron chi connectivity index (χ2n) is 5.24. The summed E-state index contributed by atoms with van der Waals surface area (Å²) in [5.74, 6) is 0. The van der Waals surface area contributed by atoms with Crippen LogP contribution in [0.5, 0.6) is 0 Å². The number of carbonyl (C=O) groups is 1. The molecule has 0 bridgehead atoms. The molecule has 1 saturated heterocycles. The van der Waals surface area contributed by atoms with Crippen molar-refractivity contribution in [3.05, 3.63) is 34.4 Å². The number of benzene rings is 1. The van der Waals surface area contributed by atoms with Crippen LogP contribution in [0.2, 0.25) is 0 Å². The van der Waals surface area contributed by atoms with Crippen molar-refractivity contribution in [1.29, 1.82) is 0 Å². The van der Waals surface area contributed by atoms with E-state index >= 15 is 0 Å². The molecule has 2 amide bonds. The van der Waals surface area contributed by atoms with E-state index in [1.807, 2.05) is 0 Å². The van der Waals surface area contributed by atoms with Crippen LogP contribution < -0.4 is 5.32 Å². The summed E-state index contributed by atoms with van der Waals surface area (Å²) in [6.07, 6.45) is 1.71. The van der Waals surface area contributed by atoms with Crippen LogP contribution in [-0.2, 0) is 10.0 Å². The number of anilines is 1. The molecule has 1 aromatic carbocycles. The van der Waals surface area contributed by atoms with Gasteiger partial charge in [-0.05, 0) is 18.6 Å². The van der Waals surface area contributed by atoms with Gasteiger partial charge in [-0.25, -0.2) is 17.5 Å². The number of hydrogen-bond acceptors (Lipinski definition) is 5. The van der Waals surface area contributed by atoms with Crippen LogP contribution in [0.15, 0.2) is 24.3 Å². The molecule has 0 radical (unpaired) electrons. The molecule has 0 aromatic heterocycles. The van der Waals surface area contributed by atoms with Crippen molar-refractivity contribution in [3.8, 4) is 0 Å². The van der Waals surface area contributed by atoms with E-state index in [2.05, 4.69) is 5.32 Å². The summed E-state index contributed by atoms with van der Waals surface area (Å²) in [4.78, 5) is 23.8. The fourth-order valence-electron chi connectivity index (χ4n) is 2.30. The molecule has 126 valence electrons. The van der Waals surface area contributed by atoms with Gasteiger partial charge in [0.15, 0.2) is 0 Å². The maximum atomic E-state index is 12.2. The Morgan fingerprint density at radius 1 is 1.17 bits per heavy atom. The van der Waals surface area contributed by atoms with Gasteiger partial charge in [0.25, 0.3) is 5.69 Å². The molecule has 0 atom stereocenters. The molecule has 2 rings (SSSR count). The Bertz CT molecular complexity index is 689. The van der Waals surface area contributed by atoms with Crippen LogP contribution in [0.4, 0.5) is 16.2 Å². The molecular formula is C13H18N4O5S. The molecule has 0 saturated carbocycles. The van der Waals surface area contributed by atoms with E-state index in [0.29, 0.717) is 31.7 Å². The molecule has 1 aliphatic heterocycles. The monoisotopic (exact) mass is 342 g/mol. The van der Waals surface area contributed by atoms with Crippen LogP contribution in [0.25, 0.3) is 0 Å². The van der Waals surface area contributed by atoms with E-state index in [9.17, 15) is 23.3 Å². The lowest BCUT2D eigenvalue weighted by Gasteiger charge is -2.21. The van der Waals surface area contributed by atoms with Crippen molar-refractivity contribution in [2.75, 3.05) is 37.8 Å². The Kier molecular flexibility index (Phi) is 5.16. The Morgan fingerprint density at radius 2 is 1.83 bits per heavy atom. The number of amides is 2. The zero-order chi connectivity index (χ0) is 17.0. The predicted molar refractivity (Wildman–Crippen MR) is 84.7 cm³/mol. The normalized spacial score (nSPS) is 16.7.